The summed E-state index contributed by atoms with van der Waals surface area (Å²) in [6, 6.07) is 12.6. The first-order chi connectivity index (χ1) is 13.0. The lowest BCUT2D eigenvalue weighted by atomic mass is 10.2. The maximum atomic E-state index is 12.9. The van der Waals surface area contributed by atoms with Crippen molar-refractivity contribution in [2.45, 2.75) is 24.8 Å². The minimum atomic E-state index is -3.87. The molecule has 0 aliphatic heterocycles. The molecule has 0 spiro atoms. The van der Waals surface area contributed by atoms with E-state index in [-0.39, 0.29) is 16.4 Å². The Kier molecular flexibility index (Phi) is 6.45. The lowest BCUT2D eigenvalue weighted by molar-refractivity contribution is -0.137. The Labute approximate surface area is 165 Å². The number of anilines is 1. The molecule has 2 aromatic rings. The third kappa shape index (κ3) is 4.69. The van der Waals surface area contributed by atoms with E-state index < -0.39 is 22.1 Å². The Balaban J connectivity index is 2.27. The van der Waals surface area contributed by atoms with Gasteiger partial charge in [0.05, 0.1) is 16.1 Å². The van der Waals surface area contributed by atoms with Crippen LogP contribution in [-0.4, -0.2) is 52.4 Å². The largest absolute Gasteiger partial charge is 0.449 e. The highest BCUT2D eigenvalue weighted by atomic mass is 32.2. The maximum Gasteiger partial charge on any atom is 0.338 e. The fraction of sp³-hybridized carbons (Fsp3) is 0.300. The van der Waals surface area contributed by atoms with E-state index in [0.29, 0.717) is 5.69 Å². The number of aryl methyl sites for hydroxylation is 1. The number of sulfonamides is 1. The number of nitrogens with zero attached hydrogens (tertiary/aromatic N) is 2. The van der Waals surface area contributed by atoms with E-state index in [1.165, 1.54) is 43.1 Å². The highest BCUT2D eigenvalue weighted by molar-refractivity contribution is 7.92. The summed E-state index contributed by atoms with van der Waals surface area (Å²) in [6.45, 7) is 3.38. The number of likely N-dealkylation sites (N-methyl/N-ethyl adjacent to an activating group) is 1. The number of amides is 1. The van der Waals surface area contributed by atoms with Crippen molar-refractivity contribution in [3.63, 3.8) is 0 Å². The predicted octanol–water partition coefficient (Wildman–Crippen LogP) is 2.45. The summed E-state index contributed by atoms with van der Waals surface area (Å²) >= 11 is 0. The Hall–Kier alpha value is -2.87. The van der Waals surface area contributed by atoms with Crippen molar-refractivity contribution in [3.05, 3.63) is 59.7 Å². The van der Waals surface area contributed by atoms with Gasteiger partial charge < -0.3 is 9.64 Å². The van der Waals surface area contributed by atoms with Crippen molar-refractivity contribution in [1.29, 1.82) is 0 Å². The number of benzene rings is 2. The smallest absolute Gasteiger partial charge is 0.338 e. The number of carbonyl (C=O) groups excluding carboxylic acids is 2. The molecule has 2 rings (SSSR count). The number of rotatable bonds is 6. The Morgan fingerprint density at radius 2 is 1.61 bits per heavy atom. The predicted molar refractivity (Wildman–Crippen MR) is 107 cm³/mol. The second-order valence-electron chi connectivity index (χ2n) is 6.62. The lowest BCUT2D eigenvalue weighted by Crippen LogP contribution is -2.35. The Bertz CT molecular complexity index is 968. The summed E-state index contributed by atoms with van der Waals surface area (Å²) in [5.74, 6) is -1.13. The average molecular weight is 404 g/mol. The van der Waals surface area contributed by atoms with Crippen molar-refractivity contribution in [2.24, 2.45) is 0 Å². The molecule has 0 bridgehead atoms. The van der Waals surface area contributed by atoms with Gasteiger partial charge in [-0.15, -0.1) is 0 Å². The number of ether oxygens (including phenoxy) is 1. The SMILES string of the molecule is Cc1ccc(N(C)S(=O)(=O)c2cccc(C(=O)O[C@H](C)C(=O)N(C)C)c2)cc1. The molecule has 8 heteroatoms. The van der Waals surface area contributed by atoms with Crippen LogP contribution in [-0.2, 0) is 19.6 Å². The fourth-order valence-electron chi connectivity index (χ4n) is 2.48. The molecular weight excluding hydrogens is 380 g/mol. The van der Waals surface area contributed by atoms with Crippen LogP contribution in [0.4, 0.5) is 5.69 Å². The summed E-state index contributed by atoms with van der Waals surface area (Å²) in [7, 11) is 0.691. The monoisotopic (exact) mass is 404 g/mol. The average Bonchev–Trinajstić information content (AvgIpc) is 2.67. The van der Waals surface area contributed by atoms with Gasteiger partial charge in [-0.05, 0) is 44.2 Å². The standard InChI is InChI=1S/C20H24N2O5S/c1-14-9-11-17(12-10-14)22(5)28(25,26)18-8-6-7-16(13-18)20(24)27-15(2)19(23)21(3)4/h6-13,15H,1-5H3/t15-/m1/s1. The molecule has 1 amide bonds. The van der Waals surface area contributed by atoms with Gasteiger partial charge in [0.1, 0.15) is 0 Å². The summed E-state index contributed by atoms with van der Waals surface area (Å²) in [5.41, 5.74) is 1.57. The van der Waals surface area contributed by atoms with E-state index in [1.54, 1.807) is 26.2 Å². The number of hydrogen-bond donors (Lipinski definition) is 0. The molecule has 28 heavy (non-hydrogen) atoms. The van der Waals surface area contributed by atoms with E-state index in [2.05, 4.69) is 0 Å². The molecule has 0 radical (unpaired) electrons. The molecule has 2 aromatic carbocycles. The molecule has 0 saturated carbocycles. The van der Waals surface area contributed by atoms with Crippen LogP contribution < -0.4 is 4.31 Å². The molecule has 0 aliphatic rings. The van der Waals surface area contributed by atoms with Gasteiger partial charge in [-0.2, -0.15) is 0 Å². The van der Waals surface area contributed by atoms with Crippen LogP contribution in [0, 0.1) is 6.92 Å². The van der Waals surface area contributed by atoms with Gasteiger partial charge in [-0.1, -0.05) is 23.8 Å². The lowest BCUT2D eigenvalue weighted by Gasteiger charge is -2.20. The van der Waals surface area contributed by atoms with Crippen molar-refractivity contribution in [2.75, 3.05) is 25.4 Å². The van der Waals surface area contributed by atoms with Crippen LogP contribution in [0.2, 0.25) is 0 Å². The number of esters is 1. The van der Waals surface area contributed by atoms with Gasteiger partial charge in [0.25, 0.3) is 15.9 Å². The van der Waals surface area contributed by atoms with Gasteiger partial charge in [0.2, 0.25) is 0 Å². The van der Waals surface area contributed by atoms with Crippen LogP contribution in [0.1, 0.15) is 22.8 Å². The van der Waals surface area contributed by atoms with Crippen molar-refractivity contribution in [3.8, 4) is 0 Å². The normalized spacial score (nSPS) is 12.2. The summed E-state index contributed by atoms with van der Waals surface area (Å²) in [4.78, 5) is 25.5. The van der Waals surface area contributed by atoms with Crippen LogP contribution in [0.25, 0.3) is 0 Å². The first-order valence-corrected chi connectivity index (χ1v) is 10.1. The second-order valence-corrected chi connectivity index (χ2v) is 8.59. The van der Waals surface area contributed by atoms with Gasteiger partial charge in [0.15, 0.2) is 6.10 Å². The summed E-state index contributed by atoms with van der Waals surface area (Å²) in [6.07, 6.45) is -0.974. The molecule has 0 unspecified atom stereocenters. The van der Waals surface area contributed by atoms with Crippen molar-refractivity contribution < 1.29 is 22.7 Å². The summed E-state index contributed by atoms with van der Waals surface area (Å²) < 4.78 is 32.1. The highest BCUT2D eigenvalue weighted by Crippen LogP contribution is 2.23. The van der Waals surface area contributed by atoms with Crippen LogP contribution in [0.5, 0.6) is 0 Å². The quantitative estimate of drug-likeness (QED) is 0.691. The third-order valence-corrected chi connectivity index (χ3v) is 5.98. The zero-order valence-corrected chi connectivity index (χ0v) is 17.4. The van der Waals surface area contributed by atoms with E-state index in [9.17, 15) is 18.0 Å². The van der Waals surface area contributed by atoms with Gasteiger partial charge in [0, 0.05) is 21.1 Å². The van der Waals surface area contributed by atoms with Crippen LogP contribution >= 0.6 is 0 Å². The van der Waals surface area contributed by atoms with E-state index >= 15 is 0 Å². The van der Waals surface area contributed by atoms with Gasteiger partial charge in [-0.3, -0.25) is 9.10 Å². The van der Waals surface area contributed by atoms with E-state index in [1.807, 2.05) is 19.1 Å². The van der Waals surface area contributed by atoms with E-state index in [4.69, 9.17) is 4.74 Å². The molecule has 0 aliphatic carbocycles. The highest BCUT2D eigenvalue weighted by Gasteiger charge is 2.24. The van der Waals surface area contributed by atoms with Gasteiger partial charge in [-0.25, -0.2) is 13.2 Å². The zero-order valence-electron chi connectivity index (χ0n) is 16.5. The first-order valence-electron chi connectivity index (χ1n) is 8.62. The molecule has 0 aromatic heterocycles. The second kappa shape index (κ2) is 8.43. The molecule has 0 saturated heterocycles. The van der Waals surface area contributed by atoms with Crippen molar-refractivity contribution >= 4 is 27.6 Å². The number of hydrogen-bond acceptors (Lipinski definition) is 5. The molecule has 150 valence electrons. The summed E-state index contributed by atoms with van der Waals surface area (Å²) in [5, 5.41) is 0. The first kappa shape index (κ1) is 21.4. The van der Waals surface area contributed by atoms with Crippen LogP contribution in [0.15, 0.2) is 53.4 Å². The maximum absolute atomic E-state index is 12.9. The zero-order chi connectivity index (χ0) is 21.1. The Morgan fingerprint density at radius 3 is 2.18 bits per heavy atom. The Morgan fingerprint density at radius 1 is 1.00 bits per heavy atom. The topological polar surface area (TPSA) is 84.0 Å². The molecule has 0 N–H and O–H groups in total. The molecule has 7 nitrogen and oxygen atoms in total. The minimum Gasteiger partial charge on any atom is -0.449 e. The van der Waals surface area contributed by atoms with E-state index in [0.717, 1.165) is 9.87 Å². The molecule has 1 atom stereocenters. The molecular formula is C20H24N2O5S. The number of carbonyl (C=O) groups is 2. The third-order valence-electron chi connectivity index (χ3n) is 4.20. The fourth-order valence-corrected chi connectivity index (χ4v) is 3.72. The minimum absolute atomic E-state index is 0.0448. The van der Waals surface area contributed by atoms with Crippen LogP contribution in [0.3, 0.4) is 0 Å². The van der Waals surface area contributed by atoms with Crippen molar-refractivity contribution in [1.82, 2.24) is 4.90 Å². The molecule has 0 fully saturated rings. The van der Waals surface area contributed by atoms with Gasteiger partial charge >= 0.3 is 5.97 Å². The molecule has 0 heterocycles.